The predicted octanol–water partition coefficient (Wildman–Crippen LogP) is 2.32. The number of hydrogen-bond acceptors (Lipinski definition) is 3. The van der Waals surface area contributed by atoms with E-state index in [9.17, 15) is 0 Å². The fourth-order valence-electron chi connectivity index (χ4n) is 1.51. The Hall–Kier alpha value is -1.93. The third-order valence-corrected chi connectivity index (χ3v) is 2.96. The first kappa shape index (κ1) is 19.1. The van der Waals surface area contributed by atoms with Crippen LogP contribution in [0, 0.1) is 12.5 Å². The van der Waals surface area contributed by atoms with Gasteiger partial charge in [-0.3, -0.25) is 10.3 Å². The lowest BCUT2D eigenvalue weighted by Gasteiger charge is -2.14. The molecule has 0 heterocycles. The summed E-state index contributed by atoms with van der Waals surface area (Å²) in [4.78, 5) is 15.3. The summed E-state index contributed by atoms with van der Waals surface area (Å²) < 4.78 is 0. The van der Waals surface area contributed by atoms with E-state index in [1.807, 2.05) is 13.0 Å². The molecule has 0 bridgehead atoms. The Kier molecular flexibility index (Phi) is 10.8. The van der Waals surface area contributed by atoms with E-state index >= 15 is 0 Å². The fraction of sp³-hybridized carbons (Fsp3) is 0.562. The van der Waals surface area contributed by atoms with E-state index in [0.29, 0.717) is 11.7 Å². The zero-order valence-corrected chi connectivity index (χ0v) is 13.8. The second-order valence-corrected chi connectivity index (χ2v) is 4.45. The van der Waals surface area contributed by atoms with Crippen molar-refractivity contribution in [3.8, 4) is 12.5 Å². The van der Waals surface area contributed by atoms with E-state index < -0.39 is 0 Å². The van der Waals surface area contributed by atoms with Gasteiger partial charge in [-0.25, -0.2) is 9.98 Å². The van der Waals surface area contributed by atoms with Crippen molar-refractivity contribution in [2.24, 2.45) is 15.0 Å². The molecule has 0 spiro atoms. The quantitative estimate of drug-likeness (QED) is 0.353. The van der Waals surface area contributed by atoms with Gasteiger partial charge in [0.2, 0.25) is 0 Å². The number of nitrogens with zero attached hydrogens (tertiary/aromatic N) is 4. The topological polar surface area (TPSA) is 52.4 Å². The van der Waals surface area contributed by atoms with Crippen molar-refractivity contribution in [3.63, 3.8) is 0 Å². The molecule has 1 N–H and O–H groups in total. The van der Waals surface area contributed by atoms with Gasteiger partial charge >= 0.3 is 0 Å². The van der Waals surface area contributed by atoms with Crippen LogP contribution in [-0.4, -0.2) is 49.5 Å². The average Bonchev–Trinajstić information content (AvgIpc) is 2.51. The molecule has 0 amide bonds. The SMILES string of the molecule is C#CNC(=N\C=C/C)/C(=N/C)/N=C(\CC)CCN(C)CC. The first-order chi connectivity index (χ1) is 10.1. The summed E-state index contributed by atoms with van der Waals surface area (Å²) in [6.07, 6.45) is 10.6. The summed E-state index contributed by atoms with van der Waals surface area (Å²) >= 11 is 0. The summed E-state index contributed by atoms with van der Waals surface area (Å²) in [6, 6.07) is 2.37. The average molecular weight is 289 g/mol. The molecule has 0 unspecified atom stereocenters. The van der Waals surface area contributed by atoms with Gasteiger partial charge in [0.1, 0.15) is 0 Å². The molecule has 116 valence electrons. The van der Waals surface area contributed by atoms with Crippen molar-refractivity contribution < 1.29 is 0 Å². The van der Waals surface area contributed by atoms with Crippen molar-refractivity contribution in [1.82, 2.24) is 10.2 Å². The van der Waals surface area contributed by atoms with Crippen LogP contribution in [0.3, 0.4) is 0 Å². The van der Waals surface area contributed by atoms with Crippen molar-refractivity contribution in [2.45, 2.75) is 33.6 Å². The summed E-state index contributed by atoms with van der Waals surface area (Å²) in [5, 5.41) is 2.75. The molecular weight excluding hydrogens is 262 g/mol. The van der Waals surface area contributed by atoms with Gasteiger partial charge < -0.3 is 4.90 Å². The third-order valence-electron chi connectivity index (χ3n) is 2.96. The molecule has 0 fully saturated rings. The molecule has 0 rings (SSSR count). The summed E-state index contributed by atoms with van der Waals surface area (Å²) in [6.45, 7) is 8.12. The molecule has 0 atom stereocenters. The van der Waals surface area contributed by atoms with Gasteiger partial charge in [0, 0.05) is 31.5 Å². The van der Waals surface area contributed by atoms with E-state index in [0.717, 1.165) is 31.6 Å². The molecule has 0 aliphatic heterocycles. The van der Waals surface area contributed by atoms with Crippen LogP contribution < -0.4 is 5.32 Å². The smallest absolute Gasteiger partial charge is 0.191 e. The van der Waals surface area contributed by atoms with Gasteiger partial charge in [-0.15, -0.1) is 0 Å². The summed E-state index contributed by atoms with van der Waals surface area (Å²) in [5.74, 6) is 1.02. The Morgan fingerprint density at radius 2 is 2.10 bits per heavy atom. The third kappa shape index (κ3) is 8.05. The number of nitrogens with one attached hydrogen (secondary N) is 1. The van der Waals surface area contributed by atoms with E-state index in [1.54, 1.807) is 13.2 Å². The molecule has 0 saturated heterocycles. The van der Waals surface area contributed by atoms with Gasteiger partial charge in [-0.2, -0.15) is 0 Å². The van der Waals surface area contributed by atoms with Gasteiger partial charge in [-0.1, -0.05) is 26.3 Å². The van der Waals surface area contributed by atoms with Crippen LogP contribution in [0.4, 0.5) is 0 Å². The second kappa shape index (κ2) is 11.9. The molecule has 0 aliphatic rings. The highest BCUT2D eigenvalue weighted by Gasteiger charge is 2.08. The molecule has 21 heavy (non-hydrogen) atoms. The van der Waals surface area contributed by atoms with Crippen molar-refractivity contribution in [2.75, 3.05) is 27.2 Å². The Balaban J connectivity index is 5.13. The molecule has 0 saturated carbocycles. The number of rotatable bonds is 6. The highest BCUT2D eigenvalue weighted by Crippen LogP contribution is 1.99. The number of allylic oxidation sites excluding steroid dienone is 1. The van der Waals surface area contributed by atoms with Crippen LogP contribution in [0.2, 0.25) is 0 Å². The zero-order valence-electron chi connectivity index (χ0n) is 13.8. The Morgan fingerprint density at radius 3 is 2.57 bits per heavy atom. The number of terminal acetylenes is 1. The predicted molar refractivity (Wildman–Crippen MR) is 93.1 cm³/mol. The van der Waals surface area contributed by atoms with Gasteiger partial charge in [-0.05, 0) is 33.4 Å². The van der Waals surface area contributed by atoms with E-state index in [-0.39, 0.29) is 0 Å². The van der Waals surface area contributed by atoms with Crippen LogP contribution >= 0.6 is 0 Å². The number of amidine groups is 2. The monoisotopic (exact) mass is 289 g/mol. The maximum atomic E-state index is 5.30. The largest absolute Gasteiger partial charge is 0.306 e. The second-order valence-electron chi connectivity index (χ2n) is 4.45. The molecule has 0 aromatic heterocycles. The minimum Gasteiger partial charge on any atom is -0.306 e. The molecule has 5 heteroatoms. The summed E-state index contributed by atoms with van der Waals surface area (Å²) in [5.41, 5.74) is 1.09. The maximum Gasteiger partial charge on any atom is 0.191 e. The van der Waals surface area contributed by atoms with Crippen LogP contribution in [0.1, 0.15) is 33.6 Å². The normalized spacial score (nSPS) is 13.9. The molecule has 0 aromatic rings. The minimum atomic E-state index is 0.493. The molecule has 0 aromatic carbocycles. The van der Waals surface area contributed by atoms with Gasteiger partial charge in [0.15, 0.2) is 11.7 Å². The number of hydrogen-bond donors (Lipinski definition) is 1. The maximum absolute atomic E-state index is 5.30. The Labute approximate surface area is 129 Å². The highest BCUT2D eigenvalue weighted by atomic mass is 15.1. The fourth-order valence-corrected chi connectivity index (χ4v) is 1.51. The van der Waals surface area contributed by atoms with Crippen LogP contribution in [0.5, 0.6) is 0 Å². The molecule has 0 radical (unpaired) electrons. The van der Waals surface area contributed by atoms with E-state index in [4.69, 9.17) is 6.42 Å². The lowest BCUT2D eigenvalue weighted by Crippen LogP contribution is -2.28. The van der Waals surface area contributed by atoms with Crippen molar-refractivity contribution >= 4 is 17.4 Å². The Morgan fingerprint density at radius 1 is 1.38 bits per heavy atom. The van der Waals surface area contributed by atoms with Crippen molar-refractivity contribution in [3.05, 3.63) is 12.3 Å². The lowest BCUT2D eigenvalue weighted by molar-refractivity contribution is 0.363. The van der Waals surface area contributed by atoms with Crippen LogP contribution in [-0.2, 0) is 0 Å². The minimum absolute atomic E-state index is 0.493. The molecular formula is C16H27N5. The first-order valence-corrected chi connectivity index (χ1v) is 7.25. The molecule has 5 nitrogen and oxygen atoms in total. The van der Waals surface area contributed by atoms with Gasteiger partial charge in [0.05, 0.1) is 0 Å². The van der Waals surface area contributed by atoms with Crippen LogP contribution in [0.15, 0.2) is 27.3 Å². The molecule has 0 aliphatic carbocycles. The van der Waals surface area contributed by atoms with E-state index in [2.05, 4.69) is 52.1 Å². The van der Waals surface area contributed by atoms with Crippen molar-refractivity contribution in [1.29, 1.82) is 0 Å². The first-order valence-electron chi connectivity index (χ1n) is 7.25. The summed E-state index contributed by atoms with van der Waals surface area (Å²) in [7, 11) is 3.79. The zero-order chi connectivity index (χ0) is 16.1. The van der Waals surface area contributed by atoms with E-state index in [1.165, 1.54) is 0 Å². The Bertz CT molecular complexity index is 452. The standard InChI is InChI=1S/C16H27N5/c1-7-12-19-16(18-9-3)15(17-5)20-14(8-2)11-13-21(6)10-4/h3,7,12H,8,10-11,13H2,1-2,4-6H3,(H,18,19)/b12-7-,17-15-,20-14+. The van der Waals surface area contributed by atoms with Crippen LogP contribution in [0.25, 0.3) is 0 Å². The number of aliphatic imine (C=N–C) groups is 3. The van der Waals surface area contributed by atoms with Gasteiger partial charge in [0.25, 0.3) is 0 Å². The highest BCUT2D eigenvalue weighted by molar-refractivity contribution is 6.42. The lowest BCUT2D eigenvalue weighted by atomic mass is 10.2.